The van der Waals surface area contributed by atoms with Gasteiger partial charge < -0.3 is 0 Å². The predicted octanol–water partition coefficient (Wildman–Crippen LogP) is 6.26. The van der Waals surface area contributed by atoms with Crippen LogP contribution in [0.3, 0.4) is 0 Å². The Morgan fingerprint density at radius 1 is 1.14 bits per heavy atom. The van der Waals surface area contributed by atoms with Crippen LogP contribution in [0.1, 0.15) is 60.8 Å². The predicted molar refractivity (Wildman–Crippen MR) is 95.7 cm³/mol. The maximum Gasteiger partial charge on any atom is 0.0478 e. The lowest BCUT2D eigenvalue weighted by Gasteiger charge is -2.25. The van der Waals surface area contributed by atoms with Crippen molar-refractivity contribution in [3.05, 3.63) is 47.2 Å². The van der Waals surface area contributed by atoms with Crippen LogP contribution in [0, 0.1) is 11.8 Å². The first-order valence-corrected chi connectivity index (χ1v) is 8.56. The minimum Gasteiger partial charge on any atom is -0.261 e. The third-order valence-electron chi connectivity index (χ3n) is 3.89. The molecule has 1 aliphatic heterocycles. The highest BCUT2D eigenvalue weighted by Crippen LogP contribution is 2.34. The number of hydrogen-bond donors (Lipinski definition) is 0. The van der Waals surface area contributed by atoms with Crippen molar-refractivity contribution in [3.8, 4) is 0 Å². The van der Waals surface area contributed by atoms with E-state index in [4.69, 9.17) is 0 Å². The normalized spacial score (nSPS) is 26.0. The van der Waals surface area contributed by atoms with Crippen LogP contribution in [0.4, 0.5) is 0 Å². The van der Waals surface area contributed by atoms with E-state index in [9.17, 15) is 0 Å². The van der Waals surface area contributed by atoms with Crippen molar-refractivity contribution in [2.75, 3.05) is 0 Å². The van der Waals surface area contributed by atoms with Crippen molar-refractivity contribution in [3.63, 3.8) is 0 Å². The second-order valence-corrected chi connectivity index (χ2v) is 5.51. The third kappa shape index (κ3) is 4.56. The first-order chi connectivity index (χ1) is 10.2. The lowest BCUT2D eigenvalue weighted by molar-refractivity contribution is 0.683. The molecule has 0 spiro atoms. The van der Waals surface area contributed by atoms with Gasteiger partial charge in [0.15, 0.2) is 0 Å². The molecule has 2 aliphatic carbocycles. The Kier molecular flexibility index (Phi) is 7.42. The smallest absolute Gasteiger partial charge is 0.0478 e. The van der Waals surface area contributed by atoms with Crippen molar-refractivity contribution in [1.29, 1.82) is 0 Å². The molecule has 0 aromatic heterocycles. The van der Waals surface area contributed by atoms with Crippen molar-refractivity contribution < 1.29 is 0 Å². The molecule has 1 nitrogen and oxygen atoms in total. The molecule has 0 fully saturated rings. The van der Waals surface area contributed by atoms with Crippen LogP contribution in [0.25, 0.3) is 0 Å². The lowest BCUT2D eigenvalue weighted by atomic mass is 9.80. The van der Waals surface area contributed by atoms with Gasteiger partial charge in [-0.15, -0.1) is 0 Å². The van der Waals surface area contributed by atoms with Crippen LogP contribution in [0.15, 0.2) is 52.2 Å². The monoisotopic (exact) mass is 285 g/mol. The Balaban J connectivity index is 0.000000510. The summed E-state index contributed by atoms with van der Waals surface area (Å²) in [5.74, 6) is 1.23. The van der Waals surface area contributed by atoms with E-state index < -0.39 is 0 Å². The van der Waals surface area contributed by atoms with Crippen LogP contribution in [0.2, 0.25) is 0 Å². The molecule has 3 aliphatic rings. The van der Waals surface area contributed by atoms with Gasteiger partial charge in [0.25, 0.3) is 0 Å². The van der Waals surface area contributed by atoms with Crippen LogP contribution in [0.5, 0.6) is 0 Å². The standard InChI is InChI=1S/C16H19N.2C2H6/c1-11-3-5-13-9-16-14(8-15(13)7-11)6-4-12(2)10-17-16;2*1-2/h3,5,8-11,14H,4,6-7H2,1-2H3;2*1-2H3. The third-order valence-corrected chi connectivity index (χ3v) is 3.89. The molecular weight excluding hydrogens is 254 g/mol. The number of rotatable bonds is 0. The van der Waals surface area contributed by atoms with Crippen LogP contribution < -0.4 is 0 Å². The fourth-order valence-corrected chi connectivity index (χ4v) is 2.80. The molecule has 0 bridgehead atoms. The molecule has 2 unspecified atom stereocenters. The Morgan fingerprint density at radius 3 is 2.57 bits per heavy atom. The molecule has 3 rings (SSSR count). The first-order valence-electron chi connectivity index (χ1n) is 8.56. The summed E-state index contributed by atoms with van der Waals surface area (Å²) in [5, 5.41) is 0. The number of nitrogens with zero attached hydrogens (tertiary/aromatic N) is 1. The van der Waals surface area contributed by atoms with Gasteiger partial charge >= 0.3 is 0 Å². The zero-order valence-electron chi connectivity index (χ0n) is 14.6. The highest BCUT2D eigenvalue weighted by Gasteiger charge is 2.23. The van der Waals surface area contributed by atoms with E-state index in [1.807, 2.05) is 33.9 Å². The lowest BCUT2D eigenvalue weighted by Crippen LogP contribution is -2.17. The van der Waals surface area contributed by atoms with E-state index in [2.05, 4.69) is 43.1 Å². The Labute approximate surface area is 131 Å². The molecule has 0 saturated carbocycles. The van der Waals surface area contributed by atoms with Gasteiger partial charge in [-0.3, -0.25) is 4.99 Å². The van der Waals surface area contributed by atoms with E-state index in [-0.39, 0.29) is 0 Å². The number of hydrogen-bond acceptors (Lipinski definition) is 1. The molecule has 0 aromatic rings. The summed E-state index contributed by atoms with van der Waals surface area (Å²) in [4.78, 5) is 4.64. The van der Waals surface area contributed by atoms with Gasteiger partial charge in [0.1, 0.15) is 0 Å². The molecule has 1 heteroatoms. The van der Waals surface area contributed by atoms with Crippen LogP contribution in [-0.4, -0.2) is 5.71 Å². The summed E-state index contributed by atoms with van der Waals surface area (Å²) in [6.07, 6.45) is 14.9. The van der Waals surface area contributed by atoms with Gasteiger partial charge in [0.05, 0.1) is 0 Å². The summed E-state index contributed by atoms with van der Waals surface area (Å²) in [7, 11) is 0. The van der Waals surface area contributed by atoms with Gasteiger partial charge in [-0.05, 0) is 49.3 Å². The molecule has 0 radical (unpaired) electrons. The summed E-state index contributed by atoms with van der Waals surface area (Å²) < 4.78 is 0. The Hall–Kier alpha value is -1.37. The van der Waals surface area contributed by atoms with Gasteiger partial charge in [-0.1, -0.05) is 58.4 Å². The SMILES string of the molecule is CC.CC.CC1=CN=C2C=C3C=CC(C)CC3=CC2CC1. The van der Waals surface area contributed by atoms with E-state index in [0.717, 1.165) is 0 Å². The molecule has 21 heavy (non-hydrogen) atoms. The second kappa shape index (κ2) is 8.81. The summed E-state index contributed by atoms with van der Waals surface area (Å²) >= 11 is 0. The minimum atomic E-state index is 0.543. The minimum absolute atomic E-state index is 0.543. The number of fused-ring (bicyclic) bond motifs is 2. The molecule has 2 atom stereocenters. The maximum absolute atomic E-state index is 4.64. The number of aliphatic imine (C=N–C) groups is 1. The highest BCUT2D eigenvalue weighted by molar-refractivity contribution is 6.01. The van der Waals surface area contributed by atoms with Gasteiger partial charge in [0, 0.05) is 17.8 Å². The van der Waals surface area contributed by atoms with Gasteiger partial charge in [-0.2, -0.15) is 0 Å². The van der Waals surface area contributed by atoms with E-state index >= 15 is 0 Å². The zero-order chi connectivity index (χ0) is 15.8. The fourth-order valence-electron chi connectivity index (χ4n) is 2.80. The average molecular weight is 285 g/mol. The first kappa shape index (κ1) is 17.7. The average Bonchev–Trinajstić information content (AvgIpc) is 2.71. The largest absolute Gasteiger partial charge is 0.261 e. The van der Waals surface area contributed by atoms with Crippen molar-refractivity contribution >= 4 is 5.71 Å². The molecular formula is C20H31N. The van der Waals surface area contributed by atoms with Crippen LogP contribution in [-0.2, 0) is 0 Å². The zero-order valence-corrected chi connectivity index (χ0v) is 14.6. The summed E-state index contributed by atoms with van der Waals surface area (Å²) in [6, 6.07) is 0. The Bertz CT molecular complexity index is 486. The fraction of sp³-hybridized carbons (Fsp3) is 0.550. The second-order valence-electron chi connectivity index (χ2n) is 5.51. The van der Waals surface area contributed by atoms with Gasteiger partial charge in [-0.25, -0.2) is 0 Å². The van der Waals surface area contributed by atoms with Crippen molar-refractivity contribution in [2.45, 2.75) is 60.8 Å². The summed E-state index contributed by atoms with van der Waals surface area (Å²) in [6.45, 7) is 12.5. The molecule has 0 saturated heterocycles. The molecule has 0 aromatic carbocycles. The molecule has 116 valence electrons. The molecule has 1 heterocycles. The Morgan fingerprint density at radius 2 is 1.86 bits per heavy atom. The van der Waals surface area contributed by atoms with E-state index in [1.54, 1.807) is 0 Å². The summed E-state index contributed by atoms with van der Waals surface area (Å²) in [5.41, 5.74) is 5.56. The van der Waals surface area contributed by atoms with Gasteiger partial charge in [0.2, 0.25) is 0 Å². The maximum atomic E-state index is 4.64. The van der Waals surface area contributed by atoms with Crippen molar-refractivity contribution in [1.82, 2.24) is 0 Å². The molecule has 0 amide bonds. The van der Waals surface area contributed by atoms with Crippen LogP contribution >= 0.6 is 0 Å². The highest BCUT2D eigenvalue weighted by atomic mass is 14.7. The van der Waals surface area contributed by atoms with Crippen molar-refractivity contribution in [2.24, 2.45) is 16.8 Å². The quantitative estimate of drug-likeness (QED) is 0.498. The molecule has 0 N–H and O–H groups in total. The topological polar surface area (TPSA) is 12.4 Å². The number of allylic oxidation sites excluding steroid dienone is 7. The van der Waals surface area contributed by atoms with E-state index in [0.29, 0.717) is 11.8 Å². The van der Waals surface area contributed by atoms with E-state index in [1.165, 1.54) is 41.7 Å².